The standard InChI is InChI=1S/C34H58N2O24/c1-9-18(42)22(46)26(50)33(54-9)58-28-12(35-10(2)40)7-52-14(5-38)30(28)60-31-17(36-11(3)41)21(45)29(15(6-39)56-31)59-34-27(51)24(48)20(44)16(57-34)8-53-32-25(49)23(47)19(43)13(4-37)55-32/h9,12-34,37-39,42-51H,4-8H2,1-3H3,(H,35,40)(H,36,41)/t9-,12-,13+,14+,15+,16+,17+,18+,19+,20+,21+,22+,23-,24-,25-,26-,27-,28+,29+,30+,31-,32-,33-,34-/m0/s1. The summed E-state index contributed by atoms with van der Waals surface area (Å²) in [4.78, 5) is 24.7. The second-order valence-corrected chi connectivity index (χ2v) is 15.3. The third kappa shape index (κ3) is 10.7. The lowest BCUT2D eigenvalue weighted by Gasteiger charge is -2.50. The van der Waals surface area contributed by atoms with Gasteiger partial charge >= 0.3 is 0 Å². The van der Waals surface area contributed by atoms with Crippen LogP contribution < -0.4 is 10.6 Å². The topological polar surface area (TPSA) is 404 Å². The van der Waals surface area contributed by atoms with Gasteiger partial charge in [0.05, 0.1) is 45.2 Å². The zero-order valence-corrected chi connectivity index (χ0v) is 32.7. The monoisotopic (exact) mass is 878 g/mol. The summed E-state index contributed by atoms with van der Waals surface area (Å²) in [6.45, 7) is 0.204. The van der Waals surface area contributed by atoms with Gasteiger partial charge in [0, 0.05) is 13.8 Å². The summed E-state index contributed by atoms with van der Waals surface area (Å²) in [6, 6.07) is -2.71. The Kier molecular flexibility index (Phi) is 17.3. The minimum Gasteiger partial charge on any atom is -0.394 e. The number of aliphatic hydroxyl groups excluding tert-OH is 13. The van der Waals surface area contributed by atoms with Gasteiger partial charge in [-0.05, 0) is 6.92 Å². The lowest BCUT2D eigenvalue weighted by atomic mass is 9.94. The van der Waals surface area contributed by atoms with Crippen LogP contribution in [0.2, 0.25) is 0 Å². The summed E-state index contributed by atoms with van der Waals surface area (Å²) in [7, 11) is 0. The Morgan fingerprint density at radius 2 is 1.00 bits per heavy atom. The molecule has 26 nitrogen and oxygen atoms in total. The number of ether oxygens (including phenoxy) is 9. The van der Waals surface area contributed by atoms with Gasteiger partial charge < -0.3 is 120 Å². The van der Waals surface area contributed by atoms with Gasteiger partial charge in [0.1, 0.15) is 110 Å². The van der Waals surface area contributed by atoms with Crippen LogP contribution in [0.3, 0.4) is 0 Å². The number of carbonyl (C=O) groups excluding carboxylic acids is 2. The fourth-order valence-corrected chi connectivity index (χ4v) is 7.63. The summed E-state index contributed by atoms with van der Waals surface area (Å²) in [5, 5.41) is 141. The van der Waals surface area contributed by atoms with Gasteiger partial charge in [-0.1, -0.05) is 0 Å². The first kappa shape index (κ1) is 49.1. The molecule has 5 rings (SSSR count). The Bertz CT molecular complexity index is 1390. The molecule has 5 saturated heterocycles. The molecular weight excluding hydrogens is 820 g/mol. The maximum absolute atomic E-state index is 12.5. The van der Waals surface area contributed by atoms with E-state index in [0.717, 1.165) is 6.92 Å². The van der Waals surface area contributed by atoms with E-state index in [1.54, 1.807) is 0 Å². The molecule has 24 atom stereocenters. The molecule has 0 unspecified atom stereocenters. The van der Waals surface area contributed by atoms with Crippen LogP contribution in [0, 0.1) is 0 Å². The highest BCUT2D eigenvalue weighted by molar-refractivity contribution is 5.73. The van der Waals surface area contributed by atoms with Crippen LogP contribution in [0.25, 0.3) is 0 Å². The molecule has 5 fully saturated rings. The van der Waals surface area contributed by atoms with E-state index in [4.69, 9.17) is 42.6 Å². The lowest BCUT2D eigenvalue weighted by molar-refractivity contribution is -0.368. The highest BCUT2D eigenvalue weighted by atomic mass is 16.8. The molecule has 15 N–H and O–H groups in total. The van der Waals surface area contributed by atoms with Crippen molar-refractivity contribution in [3.05, 3.63) is 0 Å². The number of amides is 2. The number of hydrogen-bond acceptors (Lipinski definition) is 24. The molecule has 0 aromatic carbocycles. The van der Waals surface area contributed by atoms with E-state index in [1.165, 1.54) is 13.8 Å². The van der Waals surface area contributed by atoms with Crippen LogP contribution in [-0.2, 0) is 52.2 Å². The first-order valence-electron chi connectivity index (χ1n) is 19.3. The number of carbonyl (C=O) groups is 2. The van der Waals surface area contributed by atoms with Gasteiger partial charge in [-0.3, -0.25) is 9.59 Å². The Labute approximate surface area is 342 Å². The van der Waals surface area contributed by atoms with Crippen LogP contribution in [0.1, 0.15) is 20.8 Å². The molecule has 0 aromatic heterocycles. The summed E-state index contributed by atoms with van der Waals surface area (Å²) in [5.41, 5.74) is 0. The molecule has 60 heavy (non-hydrogen) atoms. The zero-order chi connectivity index (χ0) is 44.3. The highest BCUT2D eigenvalue weighted by Gasteiger charge is 2.55. The number of aliphatic hydroxyl groups is 13. The number of rotatable bonds is 14. The van der Waals surface area contributed by atoms with Crippen molar-refractivity contribution in [1.82, 2.24) is 10.6 Å². The van der Waals surface area contributed by atoms with Crippen LogP contribution in [0.5, 0.6) is 0 Å². The van der Waals surface area contributed by atoms with Gasteiger partial charge in [0.15, 0.2) is 25.2 Å². The second kappa shape index (κ2) is 21.2. The Morgan fingerprint density at radius 1 is 0.517 bits per heavy atom. The first-order valence-corrected chi connectivity index (χ1v) is 19.3. The van der Waals surface area contributed by atoms with Gasteiger partial charge in [0.2, 0.25) is 11.8 Å². The van der Waals surface area contributed by atoms with Crippen LogP contribution in [0.4, 0.5) is 0 Å². The van der Waals surface area contributed by atoms with E-state index in [0.29, 0.717) is 0 Å². The lowest BCUT2D eigenvalue weighted by Crippen LogP contribution is -2.70. The largest absolute Gasteiger partial charge is 0.394 e. The predicted molar refractivity (Wildman–Crippen MR) is 187 cm³/mol. The average molecular weight is 879 g/mol. The predicted octanol–water partition coefficient (Wildman–Crippen LogP) is -9.93. The van der Waals surface area contributed by atoms with Gasteiger partial charge in [0.25, 0.3) is 0 Å². The summed E-state index contributed by atoms with van der Waals surface area (Å²) >= 11 is 0. The van der Waals surface area contributed by atoms with Crippen molar-refractivity contribution in [3.8, 4) is 0 Å². The molecule has 5 aliphatic rings. The van der Waals surface area contributed by atoms with E-state index in [1.807, 2.05) is 0 Å². The summed E-state index contributed by atoms with van der Waals surface area (Å²) in [5.74, 6) is -1.32. The second-order valence-electron chi connectivity index (χ2n) is 15.3. The summed E-state index contributed by atoms with van der Waals surface area (Å²) < 4.78 is 51.9. The van der Waals surface area contributed by atoms with Crippen molar-refractivity contribution in [1.29, 1.82) is 0 Å². The van der Waals surface area contributed by atoms with Crippen LogP contribution >= 0.6 is 0 Å². The third-order valence-electron chi connectivity index (χ3n) is 11.0. The molecule has 26 heteroatoms. The fourth-order valence-electron chi connectivity index (χ4n) is 7.63. The van der Waals surface area contributed by atoms with Gasteiger partial charge in [-0.25, -0.2) is 0 Å². The Morgan fingerprint density at radius 3 is 1.58 bits per heavy atom. The molecule has 0 spiro atoms. The smallest absolute Gasteiger partial charge is 0.217 e. The SMILES string of the molecule is CC(=O)N[C@H]1[C@H](O[C@H]2[C@H](O[C@@H]3O[C@@H](C)[C@@H](O)[C@@H](O)[C@@H]3O)[C@@H](NC(C)=O)CO[C@@H]2CO)O[C@H](CO)[C@@H](O[C@@H]2O[C@H](CO[C@H]3O[C@H](CO)[C@@H](O)[C@H](O)[C@@H]3O)[C@@H](O)[C@H](O)[C@@H]2O)[C@@H]1O. The maximum atomic E-state index is 12.5. The molecule has 348 valence electrons. The average Bonchev–Trinajstić information content (AvgIpc) is 3.21. The maximum Gasteiger partial charge on any atom is 0.217 e. The van der Waals surface area contributed by atoms with E-state index >= 15 is 0 Å². The normalized spacial score (nSPS) is 48.9. The quantitative estimate of drug-likeness (QED) is 0.0770. The first-order chi connectivity index (χ1) is 28.3. The molecule has 5 heterocycles. The third-order valence-corrected chi connectivity index (χ3v) is 11.0. The zero-order valence-electron chi connectivity index (χ0n) is 32.7. The van der Waals surface area contributed by atoms with Gasteiger partial charge in [-0.15, -0.1) is 0 Å². The van der Waals surface area contributed by atoms with Crippen molar-refractivity contribution in [2.24, 2.45) is 0 Å². The minimum atomic E-state index is -2.03. The molecule has 0 aliphatic carbocycles. The van der Waals surface area contributed by atoms with Gasteiger partial charge in [-0.2, -0.15) is 0 Å². The van der Waals surface area contributed by atoms with Crippen molar-refractivity contribution in [2.75, 3.05) is 33.0 Å². The molecule has 0 aromatic rings. The van der Waals surface area contributed by atoms with E-state index in [-0.39, 0.29) is 6.61 Å². The molecule has 0 saturated carbocycles. The number of hydrogen-bond donors (Lipinski definition) is 15. The van der Waals surface area contributed by atoms with Crippen LogP contribution in [-0.4, -0.2) is 258 Å². The van der Waals surface area contributed by atoms with Crippen LogP contribution in [0.15, 0.2) is 0 Å². The van der Waals surface area contributed by atoms with E-state index < -0.39 is 185 Å². The van der Waals surface area contributed by atoms with E-state index in [9.17, 15) is 76.0 Å². The molecule has 5 aliphatic heterocycles. The molecular formula is C34H58N2O24. The Hall–Kier alpha value is -1.94. The molecule has 2 amide bonds. The van der Waals surface area contributed by atoms with Crippen molar-refractivity contribution < 1.29 is 119 Å². The minimum absolute atomic E-state index is 0.282. The van der Waals surface area contributed by atoms with E-state index in [2.05, 4.69) is 10.6 Å². The highest BCUT2D eigenvalue weighted by Crippen LogP contribution is 2.34. The Balaban J connectivity index is 1.36. The van der Waals surface area contributed by atoms with Crippen molar-refractivity contribution in [3.63, 3.8) is 0 Å². The fraction of sp³-hybridized carbons (Fsp3) is 0.941. The molecule has 0 bridgehead atoms. The summed E-state index contributed by atoms with van der Waals surface area (Å²) in [6.07, 6.45) is -36.7. The van der Waals surface area contributed by atoms with Crippen molar-refractivity contribution in [2.45, 2.75) is 168 Å². The molecule has 0 radical (unpaired) electrons. The number of nitrogens with one attached hydrogen (secondary N) is 2. The van der Waals surface area contributed by atoms with Crippen molar-refractivity contribution >= 4 is 11.8 Å².